The molecular formula is C15H13N3O6. The molecule has 2 aromatic heterocycles. The van der Waals surface area contributed by atoms with E-state index < -0.39 is 23.9 Å². The van der Waals surface area contributed by atoms with Crippen molar-refractivity contribution in [3.8, 4) is 5.75 Å². The minimum atomic E-state index is -1.24. The number of hydrogen-bond donors (Lipinski definition) is 1. The molecule has 0 fully saturated rings. The lowest BCUT2D eigenvalue weighted by Gasteiger charge is -2.03. The first-order valence-electron chi connectivity index (χ1n) is 6.94. The number of carbonyl (C=O) groups is 1. The lowest BCUT2D eigenvalue weighted by atomic mass is 10.2. The molecular weight excluding hydrogens is 318 g/mol. The molecule has 0 aliphatic rings. The summed E-state index contributed by atoms with van der Waals surface area (Å²) in [6.45, 7) is -0.308. The Kier molecular flexibility index (Phi) is 3.90. The minimum Gasteiger partial charge on any atom is -0.497 e. The Morgan fingerprint density at radius 3 is 2.62 bits per heavy atom. The lowest BCUT2D eigenvalue weighted by molar-refractivity contribution is -0.137. The number of rotatable bonds is 5. The van der Waals surface area contributed by atoms with Gasteiger partial charge in [-0.25, -0.2) is 14.2 Å². The first-order valence-corrected chi connectivity index (χ1v) is 6.94. The summed E-state index contributed by atoms with van der Waals surface area (Å²) in [6, 6.07) is 7.23. The van der Waals surface area contributed by atoms with Gasteiger partial charge in [-0.1, -0.05) is 12.1 Å². The Balaban J connectivity index is 2.03. The Labute approximate surface area is 134 Å². The summed E-state index contributed by atoms with van der Waals surface area (Å²) < 4.78 is 11.9. The Morgan fingerprint density at radius 2 is 2.00 bits per heavy atom. The van der Waals surface area contributed by atoms with Gasteiger partial charge >= 0.3 is 17.4 Å². The van der Waals surface area contributed by atoms with Crippen LogP contribution in [0.4, 0.5) is 0 Å². The third-order valence-electron chi connectivity index (χ3n) is 3.42. The maximum Gasteiger partial charge on any atom is 0.424 e. The van der Waals surface area contributed by atoms with Crippen molar-refractivity contribution in [2.45, 2.75) is 13.1 Å². The molecule has 0 spiro atoms. The second-order valence-corrected chi connectivity index (χ2v) is 5.05. The molecule has 9 nitrogen and oxygen atoms in total. The fourth-order valence-electron chi connectivity index (χ4n) is 2.30. The van der Waals surface area contributed by atoms with Gasteiger partial charge in [0.05, 0.1) is 13.7 Å². The molecule has 1 aromatic carbocycles. The molecule has 0 aliphatic heterocycles. The van der Waals surface area contributed by atoms with Gasteiger partial charge in [-0.05, 0) is 17.7 Å². The van der Waals surface area contributed by atoms with E-state index in [9.17, 15) is 14.4 Å². The molecule has 0 radical (unpaired) electrons. The van der Waals surface area contributed by atoms with E-state index >= 15 is 0 Å². The highest BCUT2D eigenvalue weighted by atomic mass is 16.5. The lowest BCUT2D eigenvalue weighted by Crippen LogP contribution is -2.27. The summed E-state index contributed by atoms with van der Waals surface area (Å²) >= 11 is 0. The molecule has 24 heavy (non-hydrogen) atoms. The van der Waals surface area contributed by atoms with E-state index in [2.05, 4.69) is 9.52 Å². The normalized spacial score (nSPS) is 10.9. The van der Waals surface area contributed by atoms with Crippen LogP contribution in [0.3, 0.4) is 0 Å². The van der Waals surface area contributed by atoms with Crippen molar-refractivity contribution in [3.05, 3.63) is 57.0 Å². The summed E-state index contributed by atoms with van der Waals surface area (Å²) in [5.41, 5.74) is 0.0184. The molecule has 0 amide bonds. The van der Waals surface area contributed by atoms with E-state index in [1.165, 1.54) is 10.9 Å². The molecule has 3 rings (SSSR count). The maximum atomic E-state index is 11.8. The predicted octanol–water partition coefficient (Wildman–Crippen LogP) is 0.293. The molecule has 0 atom stereocenters. The van der Waals surface area contributed by atoms with Gasteiger partial charge in [0.2, 0.25) is 0 Å². The van der Waals surface area contributed by atoms with Gasteiger partial charge in [-0.2, -0.15) is 5.10 Å². The highest BCUT2D eigenvalue weighted by molar-refractivity contribution is 5.75. The molecule has 0 unspecified atom stereocenters. The fourth-order valence-corrected chi connectivity index (χ4v) is 2.30. The first-order chi connectivity index (χ1) is 11.5. The zero-order valence-corrected chi connectivity index (χ0v) is 12.6. The van der Waals surface area contributed by atoms with Gasteiger partial charge in [0.1, 0.15) is 17.7 Å². The number of carboxylic acid groups (broad SMARTS) is 1. The highest BCUT2D eigenvalue weighted by Gasteiger charge is 2.16. The van der Waals surface area contributed by atoms with Gasteiger partial charge in [-0.15, -0.1) is 0 Å². The first kappa shape index (κ1) is 15.5. The fraction of sp³-hybridized carbons (Fsp3) is 0.200. The Hall–Kier alpha value is -3.36. The predicted molar refractivity (Wildman–Crippen MR) is 82.3 cm³/mol. The van der Waals surface area contributed by atoms with E-state index in [0.29, 0.717) is 12.3 Å². The van der Waals surface area contributed by atoms with Crippen molar-refractivity contribution >= 4 is 17.0 Å². The van der Waals surface area contributed by atoms with Gasteiger partial charge in [0.15, 0.2) is 5.65 Å². The summed E-state index contributed by atoms with van der Waals surface area (Å²) in [6.07, 6.45) is 1.42. The van der Waals surface area contributed by atoms with Crippen LogP contribution in [-0.2, 0) is 17.9 Å². The molecule has 0 aliphatic carbocycles. The molecule has 0 saturated carbocycles. The van der Waals surface area contributed by atoms with Crippen molar-refractivity contribution < 1.29 is 19.1 Å². The Morgan fingerprint density at radius 1 is 1.29 bits per heavy atom. The number of aromatic nitrogens is 3. The van der Waals surface area contributed by atoms with Gasteiger partial charge in [0.25, 0.3) is 0 Å². The number of methoxy groups -OCH3 is 1. The third-order valence-corrected chi connectivity index (χ3v) is 3.42. The summed E-state index contributed by atoms with van der Waals surface area (Å²) in [4.78, 5) is 34.4. The van der Waals surface area contributed by atoms with Crippen LogP contribution < -0.4 is 16.1 Å². The van der Waals surface area contributed by atoms with Crippen LogP contribution in [-0.4, -0.2) is 32.5 Å². The van der Waals surface area contributed by atoms with E-state index in [1.54, 1.807) is 19.2 Å². The van der Waals surface area contributed by atoms with Crippen LogP contribution in [0.5, 0.6) is 5.75 Å². The summed E-state index contributed by atoms with van der Waals surface area (Å²) in [5, 5.41) is 13.1. The standard InChI is InChI=1S/C15H13N3O6/c1-23-10-4-2-9(3-5-10)6-17-7-11-13(16-17)18(8-12(19)20)15(22)24-14(11)21/h2-5,7H,6,8H2,1H3,(H,19,20). The smallest absolute Gasteiger partial charge is 0.424 e. The average Bonchev–Trinajstić information content (AvgIpc) is 2.96. The van der Waals surface area contributed by atoms with Crippen LogP contribution in [0.25, 0.3) is 11.0 Å². The SMILES string of the molecule is COc1ccc(Cn2cc3c(=O)oc(=O)n(CC(=O)O)c3n2)cc1. The molecule has 0 bridgehead atoms. The highest BCUT2D eigenvalue weighted by Crippen LogP contribution is 2.13. The van der Waals surface area contributed by atoms with Crippen molar-refractivity contribution in [1.29, 1.82) is 0 Å². The number of nitrogens with zero attached hydrogens (tertiary/aromatic N) is 3. The van der Waals surface area contributed by atoms with Crippen LogP contribution >= 0.6 is 0 Å². The molecule has 1 N–H and O–H groups in total. The number of carboxylic acids is 1. The van der Waals surface area contributed by atoms with Crippen LogP contribution in [0.2, 0.25) is 0 Å². The van der Waals surface area contributed by atoms with Crippen molar-refractivity contribution in [2.75, 3.05) is 7.11 Å². The molecule has 2 heterocycles. The monoisotopic (exact) mass is 331 g/mol. The number of fused-ring (bicyclic) bond motifs is 1. The zero-order valence-electron chi connectivity index (χ0n) is 12.6. The summed E-state index contributed by atoms with van der Waals surface area (Å²) in [7, 11) is 1.57. The van der Waals surface area contributed by atoms with Crippen molar-refractivity contribution in [1.82, 2.24) is 14.3 Å². The average molecular weight is 331 g/mol. The van der Waals surface area contributed by atoms with Crippen molar-refractivity contribution in [3.63, 3.8) is 0 Å². The van der Waals surface area contributed by atoms with Gasteiger partial charge in [-0.3, -0.25) is 9.48 Å². The topological polar surface area (TPSA) is 117 Å². The number of ether oxygens (including phenoxy) is 1. The van der Waals surface area contributed by atoms with E-state index in [4.69, 9.17) is 9.84 Å². The van der Waals surface area contributed by atoms with Crippen LogP contribution in [0, 0.1) is 0 Å². The van der Waals surface area contributed by atoms with E-state index in [1.807, 2.05) is 12.1 Å². The number of hydrogen-bond acceptors (Lipinski definition) is 6. The maximum absolute atomic E-state index is 11.8. The number of benzene rings is 1. The second-order valence-electron chi connectivity index (χ2n) is 5.05. The van der Waals surface area contributed by atoms with Gasteiger partial charge in [0, 0.05) is 6.20 Å². The largest absolute Gasteiger partial charge is 0.497 e. The third kappa shape index (κ3) is 2.91. The number of aliphatic carboxylic acids is 1. The van der Waals surface area contributed by atoms with E-state index in [-0.39, 0.29) is 11.0 Å². The second kappa shape index (κ2) is 6.03. The van der Waals surface area contributed by atoms with Gasteiger partial charge < -0.3 is 14.3 Å². The molecule has 3 aromatic rings. The van der Waals surface area contributed by atoms with Crippen LogP contribution in [0.15, 0.2) is 44.5 Å². The van der Waals surface area contributed by atoms with Crippen molar-refractivity contribution in [2.24, 2.45) is 0 Å². The van der Waals surface area contributed by atoms with E-state index in [0.717, 1.165) is 10.1 Å². The molecule has 0 saturated heterocycles. The Bertz CT molecular complexity index is 1010. The van der Waals surface area contributed by atoms with Crippen LogP contribution in [0.1, 0.15) is 5.56 Å². The molecule has 9 heteroatoms. The quantitative estimate of drug-likeness (QED) is 0.714. The summed E-state index contributed by atoms with van der Waals surface area (Å²) in [5.74, 6) is -1.58. The molecule has 124 valence electrons. The zero-order chi connectivity index (χ0) is 17.3. The minimum absolute atomic E-state index is 0.0211.